The maximum absolute atomic E-state index is 10.7. The Morgan fingerprint density at radius 2 is 2.27 bits per heavy atom. The summed E-state index contributed by atoms with van der Waals surface area (Å²) in [5.41, 5.74) is -1.91. The van der Waals surface area contributed by atoms with Crippen LogP contribution in [0.5, 0.6) is 0 Å². The molecule has 0 aromatic rings. The van der Waals surface area contributed by atoms with E-state index in [1.165, 1.54) is 12.2 Å². The van der Waals surface area contributed by atoms with E-state index in [1.807, 2.05) is 0 Å². The lowest BCUT2D eigenvalue weighted by atomic mass is 9.72. The maximum atomic E-state index is 10.7. The van der Waals surface area contributed by atoms with E-state index in [-0.39, 0.29) is 42.7 Å². The highest BCUT2D eigenvalue weighted by atomic mass is 16.4. The molecule has 0 aromatic carbocycles. The van der Waals surface area contributed by atoms with E-state index in [9.17, 15) is 4.79 Å². The molecular formula is C20H30O2. The van der Waals surface area contributed by atoms with Crippen molar-refractivity contribution in [1.29, 1.82) is 0 Å². The van der Waals surface area contributed by atoms with Gasteiger partial charge in [0.1, 0.15) is 0 Å². The van der Waals surface area contributed by atoms with E-state index < -0.39 is 31.9 Å². The molecule has 0 aromatic heterocycles. The highest BCUT2D eigenvalue weighted by Crippen LogP contribution is 2.40. The number of hydrogen-bond acceptors (Lipinski definition) is 1. The number of rotatable bonds is 6. The molecule has 0 heterocycles. The molecule has 0 aliphatic heterocycles. The Kier molecular flexibility index (Phi) is 3.31. The van der Waals surface area contributed by atoms with Crippen molar-refractivity contribution < 1.29 is 22.2 Å². The van der Waals surface area contributed by atoms with Crippen LogP contribution in [-0.4, -0.2) is 11.1 Å². The molecule has 1 unspecified atom stereocenters. The normalized spacial score (nSPS) is 28.6. The highest BCUT2D eigenvalue weighted by Gasteiger charge is 2.26. The van der Waals surface area contributed by atoms with E-state index in [1.54, 1.807) is 32.1 Å². The van der Waals surface area contributed by atoms with Crippen molar-refractivity contribution in [1.82, 2.24) is 0 Å². The lowest BCUT2D eigenvalue weighted by molar-refractivity contribution is -0.137. The molecule has 1 aliphatic rings. The third-order valence-corrected chi connectivity index (χ3v) is 3.57. The van der Waals surface area contributed by atoms with Crippen molar-refractivity contribution in [2.75, 3.05) is 0 Å². The van der Waals surface area contributed by atoms with Gasteiger partial charge in [-0.2, -0.15) is 0 Å². The van der Waals surface area contributed by atoms with Crippen LogP contribution in [0.2, 0.25) is 0 Å². The molecule has 0 fully saturated rings. The Morgan fingerprint density at radius 3 is 2.91 bits per heavy atom. The van der Waals surface area contributed by atoms with Crippen LogP contribution in [0.4, 0.5) is 0 Å². The Balaban J connectivity index is 3.48. The summed E-state index contributed by atoms with van der Waals surface area (Å²) < 4.78 is 71.5. The molecule has 1 N–H and O–H groups in total. The Labute approximate surface area is 148 Å². The highest BCUT2D eigenvalue weighted by molar-refractivity contribution is 5.67. The van der Waals surface area contributed by atoms with Crippen LogP contribution in [0.15, 0.2) is 47.1 Å². The Hall–Kier alpha value is -1.57. The molecule has 0 spiro atoms. The van der Waals surface area contributed by atoms with Crippen molar-refractivity contribution in [2.24, 2.45) is 11.3 Å². The second-order valence-corrected chi connectivity index (χ2v) is 5.86. The zero-order valence-electron chi connectivity index (χ0n) is 22.1. The molecule has 0 saturated heterocycles. The zero-order valence-corrected chi connectivity index (χ0v) is 13.1. The Morgan fingerprint density at radius 1 is 1.50 bits per heavy atom. The number of carboxylic acids is 1. The minimum atomic E-state index is -2.92. The second kappa shape index (κ2) is 8.17. The van der Waals surface area contributed by atoms with Gasteiger partial charge in [-0.05, 0) is 49.9 Å². The van der Waals surface area contributed by atoms with Crippen LogP contribution >= 0.6 is 0 Å². The second-order valence-electron chi connectivity index (χ2n) is 5.86. The molecule has 0 saturated carbocycles. The van der Waals surface area contributed by atoms with Crippen molar-refractivity contribution in [2.45, 2.75) is 60.1 Å². The summed E-state index contributed by atoms with van der Waals surface area (Å²) in [7, 11) is 0. The summed E-state index contributed by atoms with van der Waals surface area (Å²) in [6, 6.07) is 0. The van der Waals surface area contributed by atoms with E-state index in [2.05, 4.69) is 0 Å². The van der Waals surface area contributed by atoms with Crippen LogP contribution in [0.1, 0.15) is 72.4 Å². The van der Waals surface area contributed by atoms with Gasteiger partial charge in [-0.25, -0.2) is 0 Å². The van der Waals surface area contributed by atoms with Gasteiger partial charge >= 0.3 is 5.97 Å². The monoisotopic (exact) mass is 311 g/mol. The van der Waals surface area contributed by atoms with Crippen molar-refractivity contribution in [3.63, 3.8) is 0 Å². The number of carbonyl (C=O) groups is 1. The molecule has 22 heavy (non-hydrogen) atoms. The molecule has 1 atom stereocenters. The molecular weight excluding hydrogens is 272 g/mol. The van der Waals surface area contributed by atoms with Gasteiger partial charge in [0, 0.05) is 12.3 Å². The first kappa shape index (κ1) is 8.90. The molecule has 2 heteroatoms. The summed E-state index contributed by atoms with van der Waals surface area (Å²) in [6.07, 6.45) is 7.95. The maximum Gasteiger partial charge on any atom is 0.303 e. The molecule has 0 radical (unpaired) electrons. The molecule has 0 amide bonds. The lowest BCUT2D eigenvalue weighted by Crippen LogP contribution is -2.19. The molecule has 1 aliphatic carbocycles. The van der Waals surface area contributed by atoms with Gasteiger partial charge in [0.05, 0.1) is 6.42 Å². The average molecular weight is 312 g/mol. The smallest absolute Gasteiger partial charge is 0.303 e. The number of allylic oxidation sites excluding steroid dienone is 8. The van der Waals surface area contributed by atoms with Crippen LogP contribution in [0, 0.1) is 11.3 Å². The van der Waals surface area contributed by atoms with Gasteiger partial charge in [-0.15, -0.1) is 0 Å². The molecule has 1 rings (SSSR count). The van der Waals surface area contributed by atoms with Crippen molar-refractivity contribution >= 4 is 5.97 Å². The third kappa shape index (κ3) is 6.05. The number of hydrogen-bond donors (Lipinski definition) is 1. The van der Waals surface area contributed by atoms with Crippen LogP contribution in [-0.2, 0) is 4.79 Å². The van der Waals surface area contributed by atoms with Gasteiger partial charge < -0.3 is 5.11 Å². The Bertz CT molecular complexity index is 764. The summed E-state index contributed by atoms with van der Waals surface area (Å²) in [4.78, 5) is 10.7. The fourth-order valence-corrected chi connectivity index (χ4v) is 2.31. The van der Waals surface area contributed by atoms with E-state index in [0.29, 0.717) is 5.57 Å². The topological polar surface area (TPSA) is 37.3 Å². The van der Waals surface area contributed by atoms with Crippen LogP contribution in [0.25, 0.3) is 0 Å². The zero-order chi connectivity index (χ0) is 24.3. The first-order valence-corrected chi connectivity index (χ1v) is 7.42. The predicted octanol–water partition coefficient (Wildman–Crippen LogP) is 5.68. The number of carboxylic acid groups (broad SMARTS) is 1. The third-order valence-electron chi connectivity index (χ3n) is 3.57. The quantitative estimate of drug-likeness (QED) is 0.640. The first-order valence-electron chi connectivity index (χ1n) is 11.9. The van der Waals surface area contributed by atoms with Gasteiger partial charge in [-0.1, -0.05) is 62.2 Å². The fourth-order valence-electron chi connectivity index (χ4n) is 2.31. The number of aliphatic carboxylic acids is 1. The summed E-state index contributed by atoms with van der Waals surface area (Å²) in [6.45, 7) is -4.99. The minimum Gasteiger partial charge on any atom is -0.481 e. The van der Waals surface area contributed by atoms with Crippen molar-refractivity contribution in [3.8, 4) is 0 Å². The molecule has 2 nitrogen and oxygen atoms in total. The van der Waals surface area contributed by atoms with E-state index in [4.69, 9.17) is 17.4 Å². The predicted molar refractivity (Wildman–Crippen MR) is 93.8 cm³/mol. The van der Waals surface area contributed by atoms with Gasteiger partial charge in [0.15, 0.2) is 0 Å². The average Bonchev–Trinajstić information content (AvgIpc) is 2.55. The first-order chi connectivity index (χ1) is 13.9. The molecule has 122 valence electrons. The standard InChI is InChI=1S/C20H30O2/c1-15(8-6-9-16(2)14-19(21)22)11-12-18-17(3)10-7-13-20(18,4)5/h6,8-9,11-12,16H,7,10,13-14H2,1-5H3,(H,21,22)/b9-6+,12-11+,15-8-/i3D3,4D3,5D3. The summed E-state index contributed by atoms with van der Waals surface area (Å²) >= 11 is 0. The van der Waals surface area contributed by atoms with Crippen LogP contribution < -0.4 is 0 Å². The summed E-state index contributed by atoms with van der Waals surface area (Å²) in [5.74, 6) is -1.10. The fraction of sp³-hybridized carbons (Fsp3) is 0.550. The summed E-state index contributed by atoms with van der Waals surface area (Å²) in [5, 5.41) is 8.79. The largest absolute Gasteiger partial charge is 0.481 e. The van der Waals surface area contributed by atoms with Crippen LogP contribution in [0.3, 0.4) is 0 Å². The van der Waals surface area contributed by atoms with Crippen molar-refractivity contribution in [3.05, 3.63) is 47.1 Å². The van der Waals surface area contributed by atoms with Gasteiger partial charge in [0.2, 0.25) is 0 Å². The van der Waals surface area contributed by atoms with Gasteiger partial charge in [-0.3, -0.25) is 4.79 Å². The SMILES string of the molecule is [2H]C([2H])([2H])C1=C(/C=C/C(C)=C\C=C\C(C)CC(=O)O)C(C([2H])([2H])[2H])(C([2H])([2H])[2H])CCC1. The van der Waals surface area contributed by atoms with E-state index >= 15 is 0 Å². The van der Waals surface area contributed by atoms with E-state index in [0.717, 1.165) is 0 Å². The van der Waals surface area contributed by atoms with Gasteiger partial charge in [0.25, 0.3) is 0 Å². The minimum absolute atomic E-state index is 0.0201. The lowest BCUT2D eigenvalue weighted by Gasteiger charge is -2.32. The molecule has 0 bridgehead atoms.